The molecule has 0 spiro atoms. The number of ether oxygens (including phenoxy) is 3. The highest BCUT2D eigenvalue weighted by molar-refractivity contribution is 7.89. The Morgan fingerprint density at radius 3 is 2.41 bits per heavy atom. The Hall–Kier alpha value is -2.66. The normalized spacial score (nSPS) is 21.9. The van der Waals surface area contributed by atoms with Crippen molar-refractivity contribution in [2.45, 2.75) is 17.5 Å². The molecule has 2 aromatic carbocycles. The van der Waals surface area contributed by atoms with Crippen molar-refractivity contribution in [2.75, 3.05) is 59.1 Å². The largest absolute Gasteiger partial charge is 0.485 e. The molecule has 2 aromatic rings. The van der Waals surface area contributed by atoms with Crippen LogP contribution in [0.3, 0.4) is 0 Å². The van der Waals surface area contributed by atoms with E-state index in [-0.39, 0.29) is 12.5 Å². The lowest BCUT2D eigenvalue weighted by molar-refractivity contribution is -0.143. The molecule has 2 fully saturated rings. The van der Waals surface area contributed by atoms with Gasteiger partial charge in [0.15, 0.2) is 11.5 Å². The summed E-state index contributed by atoms with van der Waals surface area (Å²) in [6.45, 7) is 5.03. The molecule has 1 atom stereocenters. The van der Waals surface area contributed by atoms with Crippen molar-refractivity contribution >= 4 is 15.9 Å². The van der Waals surface area contributed by atoms with Gasteiger partial charge in [0, 0.05) is 45.8 Å². The van der Waals surface area contributed by atoms with Gasteiger partial charge >= 0.3 is 0 Å². The molecule has 0 radical (unpaired) electrons. The Kier molecular flexibility index (Phi) is 6.73. The van der Waals surface area contributed by atoms with Gasteiger partial charge in [0.1, 0.15) is 6.61 Å². The third-order valence-corrected chi connectivity index (χ3v) is 8.28. The lowest BCUT2D eigenvalue weighted by atomic mass is 10.2. The fourth-order valence-corrected chi connectivity index (χ4v) is 5.95. The predicted molar refractivity (Wildman–Crippen MR) is 124 cm³/mol. The van der Waals surface area contributed by atoms with Gasteiger partial charge in [0.25, 0.3) is 5.91 Å². The number of para-hydroxylation sites is 2. The number of sulfonamides is 1. The maximum absolute atomic E-state index is 13.0. The molecule has 0 N–H and O–H groups in total. The Bertz CT molecular complexity index is 1130. The summed E-state index contributed by atoms with van der Waals surface area (Å²) < 4.78 is 44.2. The molecule has 0 unspecified atom stereocenters. The smallest absolute Gasteiger partial charge is 0.267 e. The van der Waals surface area contributed by atoms with E-state index in [0.29, 0.717) is 75.4 Å². The molecule has 3 aliphatic rings. The molecule has 182 valence electrons. The number of carbonyl (C=O) groups is 1. The molecular weight excluding hydrogens is 458 g/mol. The number of hydrogen-bond donors (Lipinski definition) is 0. The Labute approximate surface area is 199 Å². The Morgan fingerprint density at radius 2 is 1.65 bits per heavy atom. The Balaban J connectivity index is 1.16. The maximum Gasteiger partial charge on any atom is 0.267 e. The van der Waals surface area contributed by atoms with Crippen molar-refractivity contribution < 1.29 is 27.4 Å². The number of rotatable bonds is 5. The molecule has 3 heterocycles. The summed E-state index contributed by atoms with van der Waals surface area (Å²) in [5, 5.41) is 0. The van der Waals surface area contributed by atoms with Crippen molar-refractivity contribution in [2.24, 2.45) is 0 Å². The first-order chi connectivity index (χ1) is 16.5. The van der Waals surface area contributed by atoms with E-state index < -0.39 is 16.1 Å². The van der Waals surface area contributed by atoms with Crippen LogP contribution >= 0.6 is 0 Å². The van der Waals surface area contributed by atoms with E-state index in [1.807, 2.05) is 29.2 Å². The molecular formula is C24H29N3O6S. The fraction of sp³-hybridized carbons (Fsp3) is 0.458. The van der Waals surface area contributed by atoms with Gasteiger partial charge in [-0.25, -0.2) is 8.42 Å². The standard InChI is InChI=1S/C24H29N3O6S/c28-24(23-18-32-21-6-1-2-7-22(21)33-23)26-10-8-25(9-11-26)17-19-4-3-5-20(16-19)34(29,30)27-12-14-31-15-13-27/h1-7,16,23H,8-15,17-18H2/t23-/m1/s1. The van der Waals surface area contributed by atoms with Gasteiger partial charge in [-0.1, -0.05) is 24.3 Å². The lowest BCUT2D eigenvalue weighted by Crippen LogP contribution is -2.53. The first kappa shape index (κ1) is 23.1. The zero-order chi connectivity index (χ0) is 23.5. The second kappa shape index (κ2) is 9.91. The quantitative estimate of drug-likeness (QED) is 0.626. The molecule has 1 amide bonds. The van der Waals surface area contributed by atoms with Gasteiger partial charge in [-0.3, -0.25) is 9.69 Å². The molecule has 2 saturated heterocycles. The molecule has 0 saturated carbocycles. The molecule has 3 aliphatic heterocycles. The second-order valence-corrected chi connectivity index (χ2v) is 10.6. The van der Waals surface area contributed by atoms with E-state index in [0.717, 1.165) is 5.56 Å². The summed E-state index contributed by atoms with van der Waals surface area (Å²) in [4.78, 5) is 17.3. The fourth-order valence-electron chi connectivity index (χ4n) is 4.47. The zero-order valence-electron chi connectivity index (χ0n) is 19.0. The monoisotopic (exact) mass is 487 g/mol. The molecule has 0 aromatic heterocycles. The number of nitrogens with zero attached hydrogens (tertiary/aromatic N) is 3. The molecule has 34 heavy (non-hydrogen) atoms. The molecule has 9 nitrogen and oxygen atoms in total. The number of piperazine rings is 1. The average Bonchev–Trinajstić information content (AvgIpc) is 2.89. The van der Waals surface area contributed by atoms with E-state index in [2.05, 4.69) is 4.90 Å². The van der Waals surface area contributed by atoms with Crippen molar-refractivity contribution in [3.63, 3.8) is 0 Å². The predicted octanol–water partition coefficient (Wildman–Crippen LogP) is 1.19. The third-order valence-electron chi connectivity index (χ3n) is 6.38. The molecule has 10 heteroatoms. The van der Waals surface area contributed by atoms with Crippen molar-refractivity contribution in [3.05, 3.63) is 54.1 Å². The minimum Gasteiger partial charge on any atom is -0.485 e. The van der Waals surface area contributed by atoms with Gasteiger partial charge in [-0.2, -0.15) is 4.31 Å². The molecule has 0 aliphatic carbocycles. The molecule has 0 bridgehead atoms. The summed E-state index contributed by atoms with van der Waals surface area (Å²) in [6.07, 6.45) is -0.636. The zero-order valence-corrected chi connectivity index (χ0v) is 19.8. The number of amides is 1. The van der Waals surface area contributed by atoms with Crippen LogP contribution in [0.25, 0.3) is 0 Å². The first-order valence-electron chi connectivity index (χ1n) is 11.6. The van der Waals surface area contributed by atoms with Crippen LogP contribution in [0.15, 0.2) is 53.4 Å². The highest BCUT2D eigenvalue weighted by Crippen LogP contribution is 2.31. The van der Waals surface area contributed by atoms with Gasteiger partial charge in [0.2, 0.25) is 16.1 Å². The minimum absolute atomic E-state index is 0.0623. The number of carbonyl (C=O) groups excluding carboxylic acids is 1. The number of benzene rings is 2. The average molecular weight is 488 g/mol. The lowest BCUT2D eigenvalue weighted by Gasteiger charge is -2.37. The molecule has 5 rings (SSSR count). The van der Waals surface area contributed by atoms with E-state index >= 15 is 0 Å². The van der Waals surface area contributed by atoms with Gasteiger partial charge in [-0.15, -0.1) is 0 Å². The minimum atomic E-state index is -3.52. The number of morpholine rings is 1. The number of hydrogen-bond acceptors (Lipinski definition) is 7. The van der Waals surface area contributed by atoms with Crippen LogP contribution in [-0.2, 0) is 26.1 Å². The Morgan fingerprint density at radius 1 is 0.912 bits per heavy atom. The highest BCUT2D eigenvalue weighted by atomic mass is 32.2. The summed E-state index contributed by atoms with van der Waals surface area (Å²) >= 11 is 0. The summed E-state index contributed by atoms with van der Waals surface area (Å²) in [5.41, 5.74) is 0.940. The van der Waals surface area contributed by atoms with Gasteiger partial charge in [-0.05, 0) is 29.8 Å². The third kappa shape index (κ3) is 4.90. The number of fused-ring (bicyclic) bond motifs is 1. The summed E-state index contributed by atoms with van der Waals surface area (Å²) in [7, 11) is -3.52. The first-order valence-corrected chi connectivity index (χ1v) is 13.0. The van der Waals surface area contributed by atoms with E-state index in [1.54, 1.807) is 24.3 Å². The van der Waals surface area contributed by atoms with Crippen molar-refractivity contribution in [3.8, 4) is 11.5 Å². The van der Waals surface area contributed by atoms with E-state index in [9.17, 15) is 13.2 Å². The van der Waals surface area contributed by atoms with Crippen LogP contribution < -0.4 is 9.47 Å². The highest BCUT2D eigenvalue weighted by Gasteiger charge is 2.33. The van der Waals surface area contributed by atoms with Gasteiger partial charge in [0.05, 0.1) is 18.1 Å². The summed E-state index contributed by atoms with van der Waals surface area (Å²) in [5.74, 6) is 1.19. The van der Waals surface area contributed by atoms with Gasteiger partial charge < -0.3 is 19.1 Å². The van der Waals surface area contributed by atoms with Crippen LogP contribution in [0, 0.1) is 0 Å². The van der Waals surface area contributed by atoms with Crippen LogP contribution in [0.1, 0.15) is 5.56 Å². The van der Waals surface area contributed by atoms with E-state index in [4.69, 9.17) is 14.2 Å². The summed E-state index contributed by atoms with van der Waals surface area (Å²) in [6, 6.07) is 14.5. The maximum atomic E-state index is 13.0. The van der Waals surface area contributed by atoms with Crippen LogP contribution in [-0.4, -0.2) is 93.6 Å². The van der Waals surface area contributed by atoms with Crippen LogP contribution in [0.4, 0.5) is 0 Å². The van der Waals surface area contributed by atoms with Crippen LogP contribution in [0.5, 0.6) is 11.5 Å². The van der Waals surface area contributed by atoms with Crippen molar-refractivity contribution in [1.29, 1.82) is 0 Å². The topological polar surface area (TPSA) is 88.6 Å². The van der Waals surface area contributed by atoms with Crippen molar-refractivity contribution in [1.82, 2.24) is 14.1 Å². The second-order valence-electron chi connectivity index (χ2n) is 8.63. The van der Waals surface area contributed by atoms with E-state index in [1.165, 1.54) is 4.31 Å². The SMILES string of the molecule is O=C([C@H]1COc2ccccc2O1)N1CCN(Cc2cccc(S(=O)(=O)N3CCOCC3)c2)CC1. The van der Waals surface area contributed by atoms with Crippen LogP contribution in [0.2, 0.25) is 0 Å².